The number of nitrogens with zero attached hydrogens (tertiary/aromatic N) is 4. The van der Waals surface area contributed by atoms with Gasteiger partial charge in [-0.1, -0.05) is 10.3 Å². The largest absolute Gasteiger partial charge is 0.364 e. The highest BCUT2D eigenvalue weighted by Crippen LogP contribution is 2.05. The molecule has 10 heavy (non-hydrogen) atoms. The van der Waals surface area contributed by atoms with Gasteiger partial charge in [-0.05, 0) is 12.5 Å². The molecule has 0 N–H and O–H groups in total. The zero-order valence-corrected chi connectivity index (χ0v) is 5.48. The van der Waals surface area contributed by atoms with Gasteiger partial charge in [0.25, 0.3) is 0 Å². The Bertz CT molecular complexity index is 260. The van der Waals surface area contributed by atoms with E-state index in [9.17, 15) is 0 Å². The molecule has 5 nitrogen and oxygen atoms in total. The van der Waals surface area contributed by atoms with Gasteiger partial charge in [-0.15, -0.1) is 0 Å². The standard InChI is InChI=1S/C5H6N4O/c1-4-5(2-7-9-6)3-10-8-4/h3H,2H2,1H3. The third kappa shape index (κ3) is 1.27. The van der Waals surface area contributed by atoms with Crippen molar-refractivity contribution in [3.8, 4) is 0 Å². The van der Waals surface area contributed by atoms with Crippen LogP contribution in [-0.4, -0.2) is 5.16 Å². The minimum absolute atomic E-state index is 0.311. The first-order chi connectivity index (χ1) is 4.84. The molecule has 0 bridgehead atoms. The van der Waals surface area contributed by atoms with Gasteiger partial charge in [-0.25, -0.2) is 0 Å². The molecule has 1 heterocycles. The highest BCUT2D eigenvalue weighted by molar-refractivity contribution is 5.11. The van der Waals surface area contributed by atoms with Crippen molar-refractivity contribution in [1.82, 2.24) is 5.16 Å². The molecular weight excluding hydrogens is 132 g/mol. The quantitative estimate of drug-likeness (QED) is 0.355. The molecule has 0 saturated heterocycles. The lowest BCUT2D eigenvalue weighted by Crippen LogP contribution is -1.79. The van der Waals surface area contributed by atoms with Gasteiger partial charge in [0.05, 0.1) is 12.2 Å². The van der Waals surface area contributed by atoms with Crippen LogP contribution in [0.5, 0.6) is 0 Å². The van der Waals surface area contributed by atoms with E-state index in [1.807, 2.05) is 0 Å². The fraction of sp³-hybridized carbons (Fsp3) is 0.400. The summed E-state index contributed by atoms with van der Waals surface area (Å²) in [6.07, 6.45) is 1.48. The van der Waals surface area contributed by atoms with Crippen molar-refractivity contribution in [2.75, 3.05) is 0 Å². The van der Waals surface area contributed by atoms with Gasteiger partial charge in [0.1, 0.15) is 6.26 Å². The van der Waals surface area contributed by atoms with Crippen molar-refractivity contribution in [2.24, 2.45) is 5.11 Å². The van der Waals surface area contributed by atoms with E-state index in [0.717, 1.165) is 11.3 Å². The van der Waals surface area contributed by atoms with Crippen LogP contribution in [0.1, 0.15) is 11.3 Å². The van der Waals surface area contributed by atoms with Gasteiger partial charge in [0.15, 0.2) is 0 Å². The van der Waals surface area contributed by atoms with Crippen LogP contribution in [0.15, 0.2) is 15.9 Å². The second kappa shape index (κ2) is 2.89. The summed E-state index contributed by atoms with van der Waals surface area (Å²) < 4.78 is 4.61. The lowest BCUT2D eigenvalue weighted by atomic mass is 10.3. The Balaban J connectivity index is 2.74. The average Bonchev–Trinajstić information content (AvgIpc) is 2.31. The fourth-order valence-corrected chi connectivity index (χ4v) is 0.572. The van der Waals surface area contributed by atoms with Crippen molar-refractivity contribution in [3.05, 3.63) is 28.0 Å². The molecule has 0 amide bonds. The Morgan fingerprint density at radius 3 is 3.20 bits per heavy atom. The van der Waals surface area contributed by atoms with E-state index in [0.29, 0.717) is 6.54 Å². The van der Waals surface area contributed by atoms with Crippen LogP contribution >= 0.6 is 0 Å². The van der Waals surface area contributed by atoms with Gasteiger partial charge in [0.2, 0.25) is 0 Å². The first-order valence-electron chi connectivity index (χ1n) is 2.75. The van der Waals surface area contributed by atoms with Crippen molar-refractivity contribution in [1.29, 1.82) is 0 Å². The van der Waals surface area contributed by atoms with Crippen molar-refractivity contribution < 1.29 is 4.52 Å². The number of rotatable bonds is 2. The number of aryl methyl sites for hydroxylation is 1. The maximum absolute atomic E-state index is 7.96. The molecule has 0 aliphatic carbocycles. The topological polar surface area (TPSA) is 74.8 Å². The highest BCUT2D eigenvalue weighted by atomic mass is 16.5. The Labute approximate surface area is 57.3 Å². The van der Waals surface area contributed by atoms with Gasteiger partial charge in [-0.2, -0.15) is 0 Å². The Morgan fingerprint density at radius 1 is 1.90 bits per heavy atom. The normalized spacial score (nSPS) is 8.90. The van der Waals surface area contributed by atoms with E-state index in [2.05, 4.69) is 19.7 Å². The number of aromatic nitrogens is 1. The van der Waals surface area contributed by atoms with Crippen molar-refractivity contribution in [2.45, 2.75) is 13.5 Å². The third-order valence-corrected chi connectivity index (χ3v) is 1.15. The molecule has 52 valence electrons. The summed E-state index contributed by atoms with van der Waals surface area (Å²) in [4.78, 5) is 2.61. The Kier molecular flexibility index (Phi) is 1.92. The smallest absolute Gasteiger partial charge is 0.127 e. The van der Waals surface area contributed by atoms with E-state index in [-0.39, 0.29) is 0 Å². The Hall–Kier alpha value is -1.48. The Morgan fingerprint density at radius 2 is 2.70 bits per heavy atom. The first-order valence-corrected chi connectivity index (χ1v) is 2.75. The van der Waals surface area contributed by atoms with Gasteiger partial charge in [0, 0.05) is 10.5 Å². The number of hydrogen-bond acceptors (Lipinski definition) is 3. The second-order valence-corrected chi connectivity index (χ2v) is 1.81. The van der Waals surface area contributed by atoms with Gasteiger partial charge < -0.3 is 4.52 Å². The van der Waals surface area contributed by atoms with Crippen LogP contribution in [0.2, 0.25) is 0 Å². The maximum atomic E-state index is 7.96. The summed E-state index contributed by atoms with van der Waals surface area (Å²) in [6, 6.07) is 0. The molecular formula is C5H6N4O. The van der Waals surface area contributed by atoms with Crippen LogP contribution in [0.4, 0.5) is 0 Å². The second-order valence-electron chi connectivity index (χ2n) is 1.81. The van der Waals surface area contributed by atoms with E-state index < -0.39 is 0 Å². The molecule has 5 heteroatoms. The number of azide groups is 1. The van der Waals surface area contributed by atoms with E-state index >= 15 is 0 Å². The molecule has 0 radical (unpaired) electrons. The minimum Gasteiger partial charge on any atom is -0.364 e. The SMILES string of the molecule is Cc1nocc1CN=[N+]=[N-]. The zero-order valence-electron chi connectivity index (χ0n) is 5.48. The lowest BCUT2D eigenvalue weighted by molar-refractivity contribution is 0.414. The molecule has 0 aliphatic rings. The van der Waals surface area contributed by atoms with Gasteiger partial charge >= 0.3 is 0 Å². The van der Waals surface area contributed by atoms with E-state index in [1.165, 1.54) is 6.26 Å². The summed E-state index contributed by atoms with van der Waals surface area (Å²) >= 11 is 0. The molecule has 0 fully saturated rings. The van der Waals surface area contributed by atoms with Crippen LogP contribution in [0, 0.1) is 6.92 Å². The molecule has 0 unspecified atom stereocenters. The van der Waals surface area contributed by atoms with Crippen LogP contribution in [-0.2, 0) is 6.54 Å². The molecule has 0 aliphatic heterocycles. The fourth-order valence-electron chi connectivity index (χ4n) is 0.572. The highest BCUT2D eigenvalue weighted by Gasteiger charge is 1.98. The molecule has 0 atom stereocenters. The van der Waals surface area contributed by atoms with Crippen LogP contribution in [0.3, 0.4) is 0 Å². The van der Waals surface area contributed by atoms with Crippen molar-refractivity contribution in [3.63, 3.8) is 0 Å². The average molecular weight is 138 g/mol. The monoisotopic (exact) mass is 138 g/mol. The van der Waals surface area contributed by atoms with Crippen molar-refractivity contribution >= 4 is 0 Å². The molecule has 1 aromatic rings. The summed E-state index contributed by atoms with van der Waals surface area (Å²) in [5.41, 5.74) is 9.57. The summed E-state index contributed by atoms with van der Waals surface area (Å²) in [5, 5.41) is 6.97. The van der Waals surface area contributed by atoms with Crippen LogP contribution < -0.4 is 0 Å². The van der Waals surface area contributed by atoms with E-state index in [4.69, 9.17) is 5.53 Å². The lowest BCUT2D eigenvalue weighted by Gasteiger charge is -1.83. The third-order valence-electron chi connectivity index (χ3n) is 1.15. The van der Waals surface area contributed by atoms with E-state index in [1.54, 1.807) is 6.92 Å². The maximum Gasteiger partial charge on any atom is 0.127 e. The zero-order chi connectivity index (χ0) is 7.40. The molecule has 0 aromatic carbocycles. The first kappa shape index (κ1) is 6.64. The predicted octanol–water partition coefficient (Wildman–Crippen LogP) is 1.79. The molecule has 0 saturated carbocycles. The number of hydrogen-bond donors (Lipinski definition) is 0. The summed E-state index contributed by atoms with van der Waals surface area (Å²) in [5.74, 6) is 0. The summed E-state index contributed by atoms with van der Waals surface area (Å²) in [7, 11) is 0. The molecule has 0 spiro atoms. The minimum atomic E-state index is 0.311. The molecule has 1 rings (SSSR count). The van der Waals surface area contributed by atoms with Gasteiger partial charge in [-0.3, -0.25) is 0 Å². The molecule has 1 aromatic heterocycles. The van der Waals surface area contributed by atoms with Crippen LogP contribution in [0.25, 0.3) is 10.4 Å². The summed E-state index contributed by atoms with van der Waals surface area (Å²) in [6.45, 7) is 2.11. The predicted molar refractivity (Wildman–Crippen MR) is 34.1 cm³/mol.